The maximum atomic E-state index is 11.5. The quantitative estimate of drug-likeness (QED) is 0.252. The SMILES string of the molecule is C=C(C)C(COc1ccc2cc3c(C)cc(=O)oc3cc2c1)OO. The van der Waals surface area contributed by atoms with Gasteiger partial charge in [-0.25, -0.2) is 9.68 Å². The number of benzene rings is 2. The van der Waals surface area contributed by atoms with E-state index >= 15 is 0 Å². The predicted molar refractivity (Wildman–Crippen MR) is 92.5 cm³/mol. The molecule has 3 aromatic rings. The van der Waals surface area contributed by atoms with Crippen LogP contribution in [-0.2, 0) is 4.89 Å². The molecule has 1 unspecified atom stereocenters. The second-order valence-electron chi connectivity index (χ2n) is 5.86. The van der Waals surface area contributed by atoms with Crippen molar-refractivity contribution in [3.05, 3.63) is 64.5 Å². The van der Waals surface area contributed by atoms with E-state index in [1.807, 2.05) is 37.3 Å². The van der Waals surface area contributed by atoms with Gasteiger partial charge in [-0.15, -0.1) is 0 Å². The van der Waals surface area contributed by atoms with Gasteiger partial charge in [-0.3, -0.25) is 5.26 Å². The van der Waals surface area contributed by atoms with E-state index in [0.29, 0.717) is 16.9 Å². The summed E-state index contributed by atoms with van der Waals surface area (Å²) in [5, 5.41) is 11.7. The summed E-state index contributed by atoms with van der Waals surface area (Å²) in [7, 11) is 0. The lowest BCUT2D eigenvalue weighted by molar-refractivity contribution is -0.272. The molecule has 0 aliphatic heterocycles. The van der Waals surface area contributed by atoms with Crippen LogP contribution < -0.4 is 10.4 Å². The summed E-state index contributed by atoms with van der Waals surface area (Å²) in [6, 6.07) is 10.9. The van der Waals surface area contributed by atoms with Gasteiger partial charge in [0.1, 0.15) is 24.0 Å². The first kappa shape index (κ1) is 16.2. The molecule has 0 saturated carbocycles. The van der Waals surface area contributed by atoms with Crippen LogP contribution in [0.4, 0.5) is 0 Å². The summed E-state index contributed by atoms with van der Waals surface area (Å²) in [5.41, 5.74) is 1.73. The van der Waals surface area contributed by atoms with Crippen LogP contribution >= 0.6 is 0 Å². The van der Waals surface area contributed by atoms with Crippen LogP contribution in [0.25, 0.3) is 21.7 Å². The van der Waals surface area contributed by atoms with E-state index in [1.54, 1.807) is 6.92 Å². The average Bonchev–Trinajstić information content (AvgIpc) is 2.53. The lowest BCUT2D eigenvalue weighted by Crippen LogP contribution is -2.21. The molecular weight excluding hydrogens is 308 g/mol. The topological polar surface area (TPSA) is 68.9 Å². The third-order valence-corrected chi connectivity index (χ3v) is 3.96. The highest BCUT2D eigenvalue weighted by molar-refractivity contribution is 5.97. The fourth-order valence-corrected chi connectivity index (χ4v) is 2.56. The van der Waals surface area contributed by atoms with Crippen molar-refractivity contribution in [3.8, 4) is 5.75 Å². The van der Waals surface area contributed by atoms with E-state index in [9.17, 15) is 4.79 Å². The third-order valence-electron chi connectivity index (χ3n) is 3.96. The summed E-state index contributed by atoms with van der Waals surface area (Å²) in [5.74, 6) is 0.625. The monoisotopic (exact) mass is 326 g/mol. The highest BCUT2D eigenvalue weighted by atomic mass is 17.1. The first-order valence-corrected chi connectivity index (χ1v) is 7.54. The number of hydrogen-bond acceptors (Lipinski definition) is 5. The fraction of sp³-hybridized carbons (Fsp3) is 0.211. The second kappa shape index (κ2) is 6.47. The Labute approximate surface area is 138 Å². The number of aryl methyl sites for hydroxylation is 1. The van der Waals surface area contributed by atoms with Crippen molar-refractivity contribution < 1.29 is 19.3 Å². The van der Waals surface area contributed by atoms with Crippen LogP contribution in [0.5, 0.6) is 5.75 Å². The van der Waals surface area contributed by atoms with Gasteiger partial charge in [0.2, 0.25) is 0 Å². The van der Waals surface area contributed by atoms with Crippen LogP contribution in [0.2, 0.25) is 0 Å². The molecule has 0 bridgehead atoms. The summed E-state index contributed by atoms with van der Waals surface area (Å²) in [6.45, 7) is 7.52. The van der Waals surface area contributed by atoms with E-state index in [0.717, 1.165) is 21.7 Å². The van der Waals surface area contributed by atoms with Crippen molar-refractivity contribution in [2.24, 2.45) is 0 Å². The molecule has 0 aliphatic carbocycles. The smallest absolute Gasteiger partial charge is 0.336 e. The van der Waals surface area contributed by atoms with Gasteiger partial charge >= 0.3 is 5.63 Å². The molecule has 2 aromatic carbocycles. The number of fused-ring (bicyclic) bond motifs is 2. The minimum atomic E-state index is -0.585. The van der Waals surface area contributed by atoms with Crippen molar-refractivity contribution in [2.45, 2.75) is 20.0 Å². The summed E-state index contributed by atoms with van der Waals surface area (Å²) in [4.78, 5) is 15.9. The molecule has 1 N–H and O–H groups in total. The van der Waals surface area contributed by atoms with E-state index in [2.05, 4.69) is 11.5 Å². The Morgan fingerprint density at radius 1 is 1.25 bits per heavy atom. The molecule has 0 radical (unpaired) electrons. The zero-order valence-electron chi connectivity index (χ0n) is 13.5. The molecule has 24 heavy (non-hydrogen) atoms. The lowest BCUT2D eigenvalue weighted by atomic mass is 10.0. The summed E-state index contributed by atoms with van der Waals surface area (Å²) < 4.78 is 10.9. The first-order chi connectivity index (χ1) is 11.5. The fourth-order valence-electron chi connectivity index (χ4n) is 2.56. The minimum Gasteiger partial charge on any atom is -0.490 e. The molecule has 1 aromatic heterocycles. The predicted octanol–water partition coefficient (Wildman–Crippen LogP) is 4.07. The Bertz CT molecular complexity index is 971. The van der Waals surface area contributed by atoms with Crippen LogP contribution in [0.15, 0.2) is 57.8 Å². The van der Waals surface area contributed by atoms with Gasteiger partial charge in [-0.2, -0.15) is 0 Å². The van der Waals surface area contributed by atoms with Crippen molar-refractivity contribution in [1.29, 1.82) is 0 Å². The zero-order valence-corrected chi connectivity index (χ0v) is 13.5. The van der Waals surface area contributed by atoms with E-state index in [1.165, 1.54) is 6.07 Å². The van der Waals surface area contributed by atoms with E-state index in [4.69, 9.17) is 14.4 Å². The normalized spacial score (nSPS) is 12.5. The molecule has 0 aliphatic rings. The Morgan fingerprint density at radius 3 is 2.75 bits per heavy atom. The van der Waals surface area contributed by atoms with Crippen molar-refractivity contribution in [1.82, 2.24) is 0 Å². The van der Waals surface area contributed by atoms with Crippen molar-refractivity contribution in [2.75, 3.05) is 6.61 Å². The maximum absolute atomic E-state index is 11.5. The third kappa shape index (κ3) is 3.18. The van der Waals surface area contributed by atoms with Gasteiger partial charge in [0.15, 0.2) is 0 Å². The summed E-state index contributed by atoms with van der Waals surface area (Å²) in [6.07, 6.45) is -0.585. The number of hydrogen-bond donors (Lipinski definition) is 1. The molecule has 124 valence electrons. The van der Waals surface area contributed by atoms with Crippen molar-refractivity contribution in [3.63, 3.8) is 0 Å². The molecule has 1 heterocycles. The van der Waals surface area contributed by atoms with Gasteiger partial charge in [0, 0.05) is 11.5 Å². The Balaban J connectivity index is 1.97. The molecule has 0 fully saturated rings. The summed E-state index contributed by atoms with van der Waals surface area (Å²) >= 11 is 0. The Hall–Kier alpha value is -2.63. The highest BCUT2D eigenvalue weighted by Gasteiger charge is 2.11. The first-order valence-electron chi connectivity index (χ1n) is 7.54. The van der Waals surface area contributed by atoms with Crippen LogP contribution in [0.3, 0.4) is 0 Å². The molecule has 3 rings (SSSR count). The molecular formula is C19H18O5. The lowest BCUT2D eigenvalue weighted by Gasteiger charge is -2.14. The standard InChI is InChI=1S/C19H18O5/c1-11(2)18(24-21)10-22-15-5-4-13-8-16-12(3)6-19(20)23-17(16)9-14(13)7-15/h4-9,18,21H,1,10H2,2-3H3. The van der Waals surface area contributed by atoms with Gasteiger partial charge in [-0.05, 0) is 60.0 Å². The molecule has 5 nitrogen and oxygen atoms in total. The van der Waals surface area contributed by atoms with Gasteiger partial charge < -0.3 is 9.15 Å². The zero-order chi connectivity index (χ0) is 17.3. The van der Waals surface area contributed by atoms with Gasteiger partial charge in [0.25, 0.3) is 0 Å². The minimum absolute atomic E-state index is 0.152. The molecule has 1 atom stereocenters. The van der Waals surface area contributed by atoms with Crippen molar-refractivity contribution >= 4 is 21.7 Å². The van der Waals surface area contributed by atoms with E-state index < -0.39 is 6.10 Å². The largest absolute Gasteiger partial charge is 0.490 e. The molecule has 0 spiro atoms. The van der Waals surface area contributed by atoms with Gasteiger partial charge in [-0.1, -0.05) is 12.6 Å². The molecule has 0 saturated heterocycles. The Kier molecular flexibility index (Phi) is 4.38. The van der Waals surface area contributed by atoms with Crippen LogP contribution in [-0.4, -0.2) is 18.0 Å². The second-order valence-corrected chi connectivity index (χ2v) is 5.86. The molecule has 5 heteroatoms. The number of ether oxygens (including phenoxy) is 1. The Morgan fingerprint density at radius 2 is 2.04 bits per heavy atom. The highest BCUT2D eigenvalue weighted by Crippen LogP contribution is 2.27. The van der Waals surface area contributed by atoms with Gasteiger partial charge in [0.05, 0.1) is 0 Å². The van der Waals surface area contributed by atoms with E-state index in [-0.39, 0.29) is 12.2 Å². The molecule has 0 amide bonds. The number of rotatable bonds is 5. The average molecular weight is 326 g/mol. The van der Waals surface area contributed by atoms with Crippen LogP contribution in [0, 0.1) is 6.92 Å². The van der Waals surface area contributed by atoms with Crippen LogP contribution in [0.1, 0.15) is 12.5 Å². The maximum Gasteiger partial charge on any atom is 0.336 e.